The normalized spacial score (nSPS) is 10.7. The Balaban J connectivity index is 2.05. The van der Waals surface area contributed by atoms with E-state index in [1.54, 1.807) is 13.2 Å². The molecule has 0 saturated carbocycles. The number of allylic oxidation sites excluding steroid dienone is 1. The highest BCUT2D eigenvalue weighted by Gasteiger charge is 1.99. The summed E-state index contributed by atoms with van der Waals surface area (Å²) in [7, 11) is 1.55. The minimum absolute atomic E-state index is 0.165. The third-order valence-corrected chi connectivity index (χ3v) is 2.71. The van der Waals surface area contributed by atoms with Crippen LogP contribution in [0, 0.1) is 0 Å². The first-order valence-corrected chi connectivity index (χ1v) is 5.87. The van der Waals surface area contributed by atoms with E-state index < -0.39 is 0 Å². The molecule has 0 aliphatic carbocycles. The van der Waals surface area contributed by atoms with Crippen LogP contribution in [0.25, 0.3) is 6.08 Å². The number of phenols is 1. The van der Waals surface area contributed by atoms with Gasteiger partial charge in [0, 0.05) is 0 Å². The topological polar surface area (TPSA) is 29.5 Å². The Hall–Kier alpha value is -2.22. The lowest BCUT2D eigenvalue weighted by molar-refractivity contribution is 0.373. The molecule has 0 heterocycles. The summed E-state index contributed by atoms with van der Waals surface area (Å²) in [5.74, 6) is 0.662. The summed E-state index contributed by atoms with van der Waals surface area (Å²) in [6.07, 6.45) is 5.01. The molecule has 0 aliphatic rings. The molecule has 0 radical (unpaired) electrons. The fraction of sp³-hybridized carbons (Fsp3) is 0.125. The Morgan fingerprint density at radius 3 is 2.61 bits per heavy atom. The number of hydrogen-bond donors (Lipinski definition) is 1. The van der Waals surface area contributed by atoms with Crippen LogP contribution in [-0.2, 0) is 6.42 Å². The van der Waals surface area contributed by atoms with Crippen LogP contribution in [0.3, 0.4) is 0 Å². The van der Waals surface area contributed by atoms with E-state index in [2.05, 4.69) is 18.2 Å². The van der Waals surface area contributed by atoms with E-state index in [1.807, 2.05) is 36.4 Å². The predicted molar refractivity (Wildman–Crippen MR) is 73.8 cm³/mol. The molecule has 0 atom stereocenters. The summed E-state index contributed by atoms with van der Waals surface area (Å²) in [5, 5.41) is 9.49. The summed E-state index contributed by atoms with van der Waals surface area (Å²) in [4.78, 5) is 0. The number of aromatic hydroxyl groups is 1. The smallest absolute Gasteiger partial charge is 0.161 e. The molecule has 0 bridgehead atoms. The molecule has 0 unspecified atom stereocenters. The maximum Gasteiger partial charge on any atom is 0.161 e. The average molecular weight is 240 g/mol. The summed E-state index contributed by atoms with van der Waals surface area (Å²) >= 11 is 0. The monoisotopic (exact) mass is 240 g/mol. The van der Waals surface area contributed by atoms with Crippen molar-refractivity contribution < 1.29 is 9.84 Å². The molecule has 2 rings (SSSR count). The molecule has 2 aromatic rings. The molecular formula is C16H16O2. The Labute approximate surface area is 107 Å². The fourth-order valence-corrected chi connectivity index (χ4v) is 1.74. The lowest BCUT2D eigenvalue weighted by Crippen LogP contribution is -1.84. The summed E-state index contributed by atoms with van der Waals surface area (Å²) in [6, 6.07) is 15.6. The van der Waals surface area contributed by atoms with Crippen molar-refractivity contribution in [2.75, 3.05) is 7.11 Å². The summed E-state index contributed by atoms with van der Waals surface area (Å²) < 4.78 is 5.07. The summed E-state index contributed by atoms with van der Waals surface area (Å²) in [6.45, 7) is 0. The molecule has 0 saturated heterocycles. The van der Waals surface area contributed by atoms with E-state index in [0.29, 0.717) is 5.75 Å². The first kappa shape index (κ1) is 12.2. The maximum absolute atomic E-state index is 9.49. The lowest BCUT2D eigenvalue weighted by Gasteiger charge is -2.03. The van der Waals surface area contributed by atoms with Gasteiger partial charge in [0.1, 0.15) is 0 Å². The van der Waals surface area contributed by atoms with Gasteiger partial charge in [-0.1, -0.05) is 48.6 Å². The Kier molecular flexibility index (Phi) is 4.02. The van der Waals surface area contributed by atoms with Crippen molar-refractivity contribution in [3.05, 3.63) is 65.7 Å². The zero-order valence-corrected chi connectivity index (χ0v) is 10.3. The number of rotatable bonds is 4. The highest BCUT2D eigenvalue weighted by atomic mass is 16.5. The molecule has 0 fully saturated rings. The fourth-order valence-electron chi connectivity index (χ4n) is 1.74. The number of hydrogen-bond acceptors (Lipinski definition) is 2. The van der Waals surface area contributed by atoms with Crippen LogP contribution in [0.2, 0.25) is 0 Å². The Morgan fingerprint density at radius 2 is 1.89 bits per heavy atom. The van der Waals surface area contributed by atoms with Gasteiger partial charge in [-0.2, -0.15) is 0 Å². The van der Waals surface area contributed by atoms with Crippen LogP contribution in [0.5, 0.6) is 11.5 Å². The van der Waals surface area contributed by atoms with Crippen LogP contribution in [0.4, 0.5) is 0 Å². The molecule has 2 aromatic carbocycles. The second-order valence-electron chi connectivity index (χ2n) is 4.02. The first-order valence-electron chi connectivity index (χ1n) is 5.87. The summed E-state index contributed by atoms with van der Waals surface area (Å²) in [5.41, 5.74) is 2.29. The van der Waals surface area contributed by atoms with Crippen molar-refractivity contribution in [1.29, 1.82) is 0 Å². The second kappa shape index (κ2) is 5.92. The van der Waals surface area contributed by atoms with Crippen molar-refractivity contribution in [3.63, 3.8) is 0 Å². The molecule has 2 nitrogen and oxygen atoms in total. The third kappa shape index (κ3) is 3.14. The van der Waals surface area contributed by atoms with Gasteiger partial charge in [-0.3, -0.25) is 0 Å². The van der Waals surface area contributed by atoms with Crippen molar-refractivity contribution in [3.8, 4) is 11.5 Å². The van der Waals surface area contributed by atoms with Gasteiger partial charge < -0.3 is 9.84 Å². The second-order valence-corrected chi connectivity index (χ2v) is 4.02. The largest absolute Gasteiger partial charge is 0.504 e. The first-order chi connectivity index (χ1) is 8.79. The zero-order chi connectivity index (χ0) is 12.8. The Bertz CT molecular complexity index is 530. The van der Waals surface area contributed by atoms with E-state index in [-0.39, 0.29) is 5.75 Å². The molecular weight excluding hydrogens is 224 g/mol. The van der Waals surface area contributed by atoms with E-state index >= 15 is 0 Å². The molecule has 18 heavy (non-hydrogen) atoms. The van der Waals surface area contributed by atoms with Gasteiger partial charge in [0.15, 0.2) is 11.5 Å². The minimum Gasteiger partial charge on any atom is -0.504 e. The molecule has 0 aliphatic heterocycles. The van der Waals surface area contributed by atoms with E-state index in [0.717, 1.165) is 12.0 Å². The quantitative estimate of drug-likeness (QED) is 0.883. The van der Waals surface area contributed by atoms with Gasteiger partial charge in [-0.25, -0.2) is 0 Å². The van der Waals surface area contributed by atoms with Gasteiger partial charge in [0.25, 0.3) is 0 Å². The molecule has 92 valence electrons. The van der Waals surface area contributed by atoms with Crippen molar-refractivity contribution in [2.45, 2.75) is 6.42 Å². The van der Waals surface area contributed by atoms with Gasteiger partial charge in [-0.05, 0) is 29.7 Å². The Morgan fingerprint density at radius 1 is 1.11 bits per heavy atom. The van der Waals surface area contributed by atoms with Gasteiger partial charge in [0.05, 0.1) is 7.11 Å². The molecule has 0 amide bonds. The number of ether oxygens (including phenoxy) is 1. The molecule has 0 aromatic heterocycles. The highest BCUT2D eigenvalue weighted by molar-refractivity contribution is 5.55. The average Bonchev–Trinajstić information content (AvgIpc) is 2.42. The number of methoxy groups -OCH3 is 1. The molecule has 1 N–H and O–H groups in total. The lowest BCUT2D eigenvalue weighted by atomic mass is 10.1. The molecule has 2 heteroatoms. The third-order valence-electron chi connectivity index (χ3n) is 2.71. The van der Waals surface area contributed by atoms with Crippen molar-refractivity contribution in [2.24, 2.45) is 0 Å². The van der Waals surface area contributed by atoms with Crippen LogP contribution < -0.4 is 4.74 Å². The predicted octanol–water partition coefficient (Wildman–Crippen LogP) is 3.66. The maximum atomic E-state index is 9.49. The van der Waals surface area contributed by atoms with Gasteiger partial charge in [-0.15, -0.1) is 0 Å². The van der Waals surface area contributed by atoms with Crippen LogP contribution in [0.15, 0.2) is 54.6 Å². The SMILES string of the molecule is COc1cc(C=CCc2ccccc2)ccc1O. The standard InChI is InChI=1S/C16H16O2/c1-18-16-12-14(10-11-15(16)17)9-5-8-13-6-3-2-4-7-13/h2-7,9-12,17H,8H2,1H3. The zero-order valence-electron chi connectivity index (χ0n) is 10.3. The number of phenolic OH excluding ortho intramolecular Hbond substituents is 1. The van der Waals surface area contributed by atoms with E-state index in [4.69, 9.17) is 4.74 Å². The van der Waals surface area contributed by atoms with Crippen molar-refractivity contribution in [1.82, 2.24) is 0 Å². The van der Waals surface area contributed by atoms with Gasteiger partial charge in [0.2, 0.25) is 0 Å². The van der Waals surface area contributed by atoms with Gasteiger partial charge >= 0.3 is 0 Å². The van der Waals surface area contributed by atoms with Crippen LogP contribution in [-0.4, -0.2) is 12.2 Å². The highest BCUT2D eigenvalue weighted by Crippen LogP contribution is 2.26. The molecule has 0 spiro atoms. The number of benzene rings is 2. The van der Waals surface area contributed by atoms with Crippen molar-refractivity contribution >= 4 is 6.08 Å². The van der Waals surface area contributed by atoms with E-state index in [9.17, 15) is 5.11 Å². The van der Waals surface area contributed by atoms with Crippen LogP contribution in [0.1, 0.15) is 11.1 Å². The van der Waals surface area contributed by atoms with Crippen LogP contribution >= 0.6 is 0 Å². The minimum atomic E-state index is 0.165. The van der Waals surface area contributed by atoms with E-state index in [1.165, 1.54) is 5.56 Å².